The lowest BCUT2D eigenvalue weighted by Crippen LogP contribution is -2.28. The number of nitrogens with zero attached hydrogens (tertiary/aromatic N) is 3. The number of pyridine rings is 1. The van der Waals surface area contributed by atoms with E-state index in [9.17, 15) is 9.59 Å². The smallest absolute Gasteiger partial charge is 0.262 e. The predicted molar refractivity (Wildman–Crippen MR) is 139 cm³/mol. The highest BCUT2D eigenvalue weighted by Crippen LogP contribution is 2.29. The molecule has 0 saturated heterocycles. The van der Waals surface area contributed by atoms with Gasteiger partial charge in [0.2, 0.25) is 5.91 Å². The fraction of sp³-hybridized carbons (Fsp3) is 0.259. The first-order valence-corrected chi connectivity index (χ1v) is 12.2. The number of nitrogens with one attached hydrogen (secondary N) is 1. The van der Waals surface area contributed by atoms with Crippen LogP contribution in [0.5, 0.6) is 0 Å². The van der Waals surface area contributed by atoms with Crippen LogP contribution in [0.4, 0.5) is 5.69 Å². The number of benzene rings is 2. The van der Waals surface area contributed by atoms with Gasteiger partial charge >= 0.3 is 0 Å². The van der Waals surface area contributed by atoms with Gasteiger partial charge in [0.25, 0.3) is 5.56 Å². The van der Waals surface area contributed by atoms with Gasteiger partial charge in [-0.2, -0.15) is 0 Å². The molecule has 1 unspecified atom stereocenters. The Morgan fingerprint density at radius 2 is 1.85 bits per heavy atom. The van der Waals surface area contributed by atoms with Crippen LogP contribution in [0.3, 0.4) is 0 Å². The summed E-state index contributed by atoms with van der Waals surface area (Å²) in [5, 5.41) is 3.71. The molecule has 6 nitrogen and oxygen atoms in total. The Labute approximate surface area is 203 Å². The van der Waals surface area contributed by atoms with Gasteiger partial charge in [-0.25, -0.2) is 4.98 Å². The van der Waals surface area contributed by atoms with Crippen LogP contribution in [0, 0.1) is 6.92 Å². The summed E-state index contributed by atoms with van der Waals surface area (Å²) in [6.07, 6.45) is 3.43. The minimum absolute atomic E-state index is 0.128. The Morgan fingerprint density at radius 3 is 2.59 bits per heavy atom. The zero-order valence-corrected chi connectivity index (χ0v) is 20.6. The molecule has 0 radical (unpaired) electrons. The summed E-state index contributed by atoms with van der Waals surface area (Å²) in [6, 6.07) is 17.1. The average molecular weight is 473 g/mol. The maximum absolute atomic E-state index is 13.3. The van der Waals surface area contributed by atoms with Gasteiger partial charge in [-0.1, -0.05) is 62.0 Å². The summed E-state index contributed by atoms with van der Waals surface area (Å²) in [5.74, 6) is 0.154. The van der Waals surface area contributed by atoms with Crippen molar-refractivity contribution < 1.29 is 4.79 Å². The molecule has 1 amide bonds. The third-order valence-corrected chi connectivity index (χ3v) is 6.81. The molecule has 0 aliphatic carbocycles. The number of aryl methyl sites for hydroxylation is 1. The van der Waals surface area contributed by atoms with Gasteiger partial charge in [-0.15, -0.1) is 0 Å². The number of thioether (sulfide) groups is 1. The van der Waals surface area contributed by atoms with E-state index >= 15 is 0 Å². The summed E-state index contributed by atoms with van der Waals surface area (Å²) >= 11 is 1.29. The second-order valence-corrected chi connectivity index (χ2v) is 9.92. The number of fused-ring (bicyclic) bond motifs is 1. The maximum Gasteiger partial charge on any atom is 0.262 e. The largest absolute Gasteiger partial charge is 0.325 e. The molecule has 7 heteroatoms. The van der Waals surface area contributed by atoms with Crippen LogP contribution in [0.25, 0.3) is 10.9 Å². The average Bonchev–Trinajstić information content (AvgIpc) is 2.83. The SMILES string of the molecule is Cc1cccc(C(C)C)c1NC(=O)C(C)Sc1nc2ccccc2c(=O)n1Cc1cccnc1. The molecular weight excluding hydrogens is 444 g/mol. The fourth-order valence-electron chi connectivity index (χ4n) is 3.83. The number of carbonyl (C=O) groups is 1. The Hall–Kier alpha value is -3.45. The van der Waals surface area contributed by atoms with E-state index in [0.717, 1.165) is 22.4 Å². The van der Waals surface area contributed by atoms with Crippen LogP contribution in [0.1, 0.15) is 43.4 Å². The molecule has 2 aromatic heterocycles. The number of aromatic nitrogens is 3. The number of rotatable bonds is 7. The lowest BCUT2D eigenvalue weighted by molar-refractivity contribution is -0.115. The van der Waals surface area contributed by atoms with Crippen LogP contribution < -0.4 is 10.9 Å². The summed E-state index contributed by atoms with van der Waals surface area (Å²) in [4.78, 5) is 35.5. The van der Waals surface area contributed by atoms with Gasteiger partial charge < -0.3 is 5.32 Å². The standard InChI is InChI=1S/C27H28N4O2S/c1-17(2)21-12-7-9-18(3)24(21)30-25(32)19(4)34-27-29-23-13-6-5-11-22(23)26(33)31(27)16-20-10-8-14-28-15-20/h5-15,17,19H,16H2,1-4H3,(H,30,32). The highest BCUT2D eigenvalue weighted by molar-refractivity contribution is 8.00. The molecule has 4 rings (SSSR count). The van der Waals surface area contributed by atoms with Crippen LogP contribution in [0.15, 0.2) is 76.9 Å². The summed E-state index contributed by atoms with van der Waals surface area (Å²) in [6.45, 7) is 8.38. The van der Waals surface area contributed by atoms with Gasteiger partial charge in [0.05, 0.1) is 22.7 Å². The lowest BCUT2D eigenvalue weighted by Gasteiger charge is -2.19. The van der Waals surface area contributed by atoms with Crippen molar-refractivity contribution in [2.45, 2.75) is 50.6 Å². The Kier molecular flexibility index (Phi) is 7.12. The van der Waals surface area contributed by atoms with Crippen LogP contribution in [-0.2, 0) is 11.3 Å². The molecule has 0 spiro atoms. The van der Waals surface area contributed by atoms with Crippen molar-refractivity contribution in [3.63, 3.8) is 0 Å². The molecule has 2 heterocycles. The lowest BCUT2D eigenvalue weighted by atomic mass is 9.98. The van der Waals surface area contributed by atoms with Crippen molar-refractivity contribution in [2.24, 2.45) is 0 Å². The number of anilines is 1. The quantitative estimate of drug-likeness (QED) is 0.288. The van der Waals surface area contributed by atoms with E-state index in [0.29, 0.717) is 22.6 Å². The molecule has 1 N–H and O–H groups in total. The molecule has 4 aromatic rings. The highest BCUT2D eigenvalue weighted by atomic mass is 32.2. The van der Waals surface area contributed by atoms with Crippen molar-refractivity contribution in [1.29, 1.82) is 0 Å². The van der Waals surface area contributed by atoms with Crippen LogP contribution in [-0.4, -0.2) is 25.7 Å². The van der Waals surface area contributed by atoms with Crippen molar-refractivity contribution in [3.8, 4) is 0 Å². The normalized spacial score (nSPS) is 12.1. The minimum atomic E-state index is -0.465. The minimum Gasteiger partial charge on any atom is -0.325 e. The van der Waals surface area contributed by atoms with Crippen LogP contribution >= 0.6 is 11.8 Å². The van der Waals surface area contributed by atoms with Crippen molar-refractivity contribution in [1.82, 2.24) is 14.5 Å². The highest BCUT2D eigenvalue weighted by Gasteiger charge is 2.21. The third-order valence-electron chi connectivity index (χ3n) is 5.72. The summed E-state index contributed by atoms with van der Waals surface area (Å²) in [5.41, 5.74) is 4.35. The van der Waals surface area contributed by atoms with E-state index in [1.165, 1.54) is 11.8 Å². The molecule has 0 fully saturated rings. The van der Waals surface area contributed by atoms with Crippen molar-refractivity contribution in [3.05, 3.63) is 94.0 Å². The Morgan fingerprint density at radius 1 is 1.06 bits per heavy atom. The second-order valence-electron chi connectivity index (χ2n) is 8.61. The molecule has 1 atom stereocenters. The first-order chi connectivity index (χ1) is 16.3. The number of hydrogen-bond acceptors (Lipinski definition) is 5. The van der Waals surface area contributed by atoms with Gasteiger partial charge in [-0.3, -0.25) is 19.1 Å². The van der Waals surface area contributed by atoms with Gasteiger partial charge in [0.1, 0.15) is 0 Å². The molecule has 0 saturated carbocycles. The number of carbonyl (C=O) groups excluding carboxylic acids is 1. The zero-order valence-electron chi connectivity index (χ0n) is 19.8. The molecule has 0 aliphatic heterocycles. The van der Waals surface area contributed by atoms with Gasteiger partial charge in [0, 0.05) is 18.1 Å². The monoisotopic (exact) mass is 472 g/mol. The number of amides is 1. The molecule has 34 heavy (non-hydrogen) atoms. The van der Waals surface area contributed by atoms with Crippen molar-refractivity contribution >= 4 is 34.3 Å². The summed E-state index contributed by atoms with van der Waals surface area (Å²) in [7, 11) is 0. The van der Waals surface area contributed by atoms with E-state index in [1.807, 2.05) is 62.4 Å². The van der Waals surface area contributed by atoms with E-state index in [4.69, 9.17) is 4.98 Å². The molecule has 2 aromatic carbocycles. The number of hydrogen-bond donors (Lipinski definition) is 1. The zero-order chi connectivity index (χ0) is 24.2. The van der Waals surface area contributed by atoms with E-state index in [2.05, 4.69) is 24.1 Å². The molecule has 174 valence electrons. The number of para-hydroxylation sites is 2. The molecular formula is C27H28N4O2S. The summed E-state index contributed by atoms with van der Waals surface area (Å²) < 4.78 is 1.63. The van der Waals surface area contributed by atoms with E-state index < -0.39 is 5.25 Å². The van der Waals surface area contributed by atoms with Gasteiger partial charge in [0.15, 0.2) is 5.16 Å². The second kappa shape index (κ2) is 10.2. The van der Waals surface area contributed by atoms with Crippen LogP contribution in [0.2, 0.25) is 0 Å². The first-order valence-electron chi connectivity index (χ1n) is 11.3. The van der Waals surface area contributed by atoms with E-state index in [1.54, 1.807) is 23.0 Å². The third kappa shape index (κ3) is 5.04. The van der Waals surface area contributed by atoms with Crippen molar-refractivity contribution in [2.75, 3.05) is 5.32 Å². The molecule has 0 bridgehead atoms. The van der Waals surface area contributed by atoms with E-state index in [-0.39, 0.29) is 17.4 Å². The van der Waals surface area contributed by atoms with Gasteiger partial charge in [-0.05, 0) is 54.7 Å². The topological polar surface area (TPSA) is 76.9 Å². The first kappa shape index (κ1) is 23.7. The molecule has 0 aliphatic rings. The predicted octanol–water partition coefficient (Wildman–Crippen LogP) is 5.39. The maximum atomic E-state index is 13.3. The Balaban J connectivity index is 1.67. The Bertz CT molecular complexity index is 1380. The fourth-order valence-corrected chi connectivity index (χ4v) is 4.74.